The molecule has 112 valence electrons. The maximum Gasteiger partial charge on any atom is 0.365 e. The van der Waals surface area contributed by atoms with E-state index in [2.05, 4.69) is 10.3 Å². The molecule has 2 fully saturated rings. The Labute approximate surface area is 125 Å². The van der Waals surface area contributed by atoms with Crippen LogP contribution in [0.15, 0.2) is 5.38 Å². The summed E-state index contributed by atoms with van der Waals surface area (Å²) in [6.45, 7) is 1.14. The van der Waals surface area contributed by atoms with E-state index >= 15 is 0 Å². The summed E-state index contributed by atoms with van der Waals surface area (Å²) >= 11 is 0.958. The van der Waals surface area contributed by atoms with Crippen LogP contribution in [-0.2, 0) is 4.79 Å². The van der Waals surface area contributed by atoms with Gasteiger partial charge in [0, 0.05) is 30.9 Å². The average molecular weight is 309 g/mol. The first-order chi connectivity index (χ1) is 10.0. The van der Waals surface area contributed by atoms with Gasteiger partial charge >= 0.3 is 5.97 Å². The molecule has 1 aromatic heterocycles. The van der Waals surface area contributed by atoms with Crippen LogP contribution in [0.4, 0.5) is 0 Å². The minimum atomic E-state index is -1.12. The highest BCUT2D eigenvalue weighted by Crippen LogP contribution is 2.26. The summed E-state index contributed by atoms with van der Waals surface area (Å²) < 4.78 is 0. The Balaban J connectivity index is 1.68. The number of nitrogens with zero attached hydrogens (tertiary/aromatic N) is 2. The summed E-state index contributed by atoms with van der Waals surface area (Å²) in [4.78, 5) is 40.1. The van der Waals surface area contributed by atoms with Crippen molar-refractivity contribution < 1.29 is 19.5 Å². The number of fused-ring (bicyclic) bond motifs is 1. The van der Waals surface area contributed by atoms with Gasteiger partial charge in [-0.15, -0.1) is 11.3 Å². The van der Waals surface area contributed by atoms with Crippen molar-refractivity contribution >= 4 is 29.1 Å². The molecule has 0 radical (unpaired) electrons. The van der Waals surface area contributed by atoms with Crippen LogP contribution in [0.2, 0.25) is 0 Å². The number of carboxylic acid groups (broad SMARTS) is 1. The highest BCUT2D eigenvalue weighted by Gasteiger charge is 2.36. The van der Waals surface area contributed by atoms with Crippen molar-refractivity contribution in [1.82, 2.24) is 15.2 Å². The van der Waals surface area contributed by atoms with Gasteiger partial charge in [0.05, 0.1) is 0 Å². The first-order valence-corrected chi connectivity index (χ1v) is 7.70. The van der Waals surface area contributed by atoms with Crippen molar-refractivity contribution in [3.8, 4) is 0 Å². The van der Waals surface area contributed by atoms with Gasteiger partial charge < -0.3 is 15.3 Å². The summed E-state index contributed by atoms with van der Waals surface area (Å²) in [5, 5.41) is 13.2. The Bertz CT molecular complexity index is 600. The lowest BCUT2D eigenvalue weighted by molar-refractivity contribution is -0.125. The number of aromatic nitrogens is 1. The Hall–Kier alpha value is -1.96. The van der Waals surface area contributed by atoms with E-state index in [0.717, 1.165) is 24.2 Å². The largest absolute Gasteiger partial charge is 0.476 e. The molecule has 21 heavy (non-hydrogen) atoms. The fourth-order valence-electron chi connectivity index (χ4n) is 2.93. The molecule has 2 aliphatic rings. The van der Waals surface area contributed by atoms with Crippen molar-refractivity contribution in [2.45, 2.75) is 25.3 Å². The van der Waals surface area contributed by atoms with Gasteiger partial charge in [0.2, 0.25) is 10.9 Å². The van der Waals surface area contributed by atoms with Gasteiger partial charge in [-0.2, -0.15) is 0 Å². The van der Waals surface area contributed by atoms with E-state index in [1.54, 1.807) is 4.90 Å². The molecule has 3 rings (SSSR count). The highest BCUT2D eigenvalue weighted by molar-refractivity contribution is 7.11. The van der Waals surface area contributed by atoms with Gasteiger partial charge in [-0.25, -0.2) is 9.78 Å². The van der Waals surface area contributed by atoms with E-state index in [-0.39, 0.29) is 34.5 Å². The molecule has 8 heteroatoms. The van der Waals surface area contributed by atoms with E-state index in [9.17, 15) is 14.4 Å². The molecule has 3 heterocycles. The molecule has 0 aromatic carbocycles. The maximum atomic E-state index is 12.4. The Morgan fingerprint density at radius 1 is 1.43 bits per heavy atom. The lowest BCUT2D eigenvalue weighted by atomic mass is 9.85. The van der Waals surface area contributed by atoms with Gasteiger partial charge in [0.25, 0.3) is 5.91 Å². The minimum absolute atomic E-state index is 0.0711. The second-order valence-electron chi connectivity index (χ2n) is 5.36. The zero-order valence-electron chi connectivity index (χ0n) is 11.2. The van der Waals surface area contributed by atoms with Crippen LogP contribution < -0.4 is 5.32 Å². The summed E-state index contributed by atoms with van der Waals surface area (Å²) in [5.41, 5.74) is 0.190. The molecule has 0 aliphatic carbocycles. The van der Waals surface area contributed by atoms with Crippen molar-refractivity contribution in [2.75, 3.05) is 13.1 Å². The van der Waals surface area contributed by atoms with Crippen molar-refractivity contribution in [3.63, 3.8) is 0 Å². The average Bonchev–Trinajstić information content (AvgIpc) is 2.96. The highest BCUT2D eigenvalue weighted by atomic mass is 32.1. The van der Waals surface area contributed by atoms with Crippen LogP contribution in [0.5, 0.6) is 0 Å². The second kappa shape index (κ2) is 5.44. The molecule has 7 nitrogen and oxygen atoms in total. The van der Waals surface area contributed by atoms with Crippen molar-refractivity contribution in [3.05, 3.63) is 16.1 Å². The van der Waals surface area contributed by atoms with Crippen LogP contribution in [0.3, 0.4) is 0 Å². The zero-order valence-corrected chi connectivity index (χ0v) is 12.1. The van der Waals surface area contributed by atoms with E-state index in [0.29, 0.717) is 19.5 Å². The number of hydrogen-bond acceptors (Lipinski definition) is 5. The predicted octanol–water partition coefficient (Wildman–Crippen LogP) is 0.582. The number of carbonyl (C=O) groups excluding carboxylic acids is 2. The second-order valence-corrected chi connectivity index (χ2v) is 6.21. The van der Waals surface area contributed by atoms with E-state index in [1.165, 1.54) is 5.38 Å². The molecule has 0 bridgehead atoms. The molecule has 2 atom stereocenters. The lowest BCUT2D eigenvalue weighted by Gasteiger charge is -2.41. The first kappa shape index (κ1) is 14.0. The van der Waals surface area contributed by atoms with Crippen LogP contribution in [0.25, 0.3) is 0 Å². The van der Waals surface area contributed by atoms with E-state index in [1.807, 2.05) is 0 Å². The zero-order chi connectivity index (χ0) is 15.0. The molecule has 2 unspecified atom stereocenters. The number of hydrogen-bond donors (Lipinski definition) is 2. The number of amides is 2. The lowest BCUT2D eigenvalue weighted by Crippen LogP contribution is -2.55. The summed E-state index contributed by atoms with van der Waals surface area (Å²) in [7, 11) is 0. The van der Waals surface area contributed by atoms with Gasteiger partial charge in [-0.05, 0) is 18.8 Å². The van der Waals surface area contributed by atoms with Crippen LogP contribution in [0, 0.1) is 5.92 Å². The van der Waals surface area contributed by atoms with Crippen molar-refractivity contribution in [1.29, 1.82) is 0 Å². The number of nitrogens with one attached hydrogen (secondary N) is 1. The third-order valence-corrected chi connectivity index (χ3v) is 4.85. The van der Waals surface area contributed by atoms with E-state index < -0.39 is 5.97 Å². The smallest absolute Gasteiger partial charge is 0.365 e. The molecule has 1 aromatic rings. The van der Waals surface area contributed by atoms with Crippen LogP contribution in [-0.4, -0.2) is 51.9 Å². The Morgan fingerprint density at radius 3 is 2.95 bits per heavy atom. The number of aromatic carboxylic acids is 1. The number of piperidine rings is 2. The van der Waals surface area contributed by atoms with Gasteiger partial charge in [0.15, 0.2) is 0 Å². The summed E-state index contributed by atoms with van der Waals surface area (Å²) in [6, 6.07) is 0.153. The third-order valence-electron chi connectivity index (χ3n) is 4.02. The first-order valence-electron chi connectivity index (χ1n) is 6.82. The number of carboxylic acids is 1. The van der Waals surface area contributed by atoms with Gasteiger partial charge in [0.1, 0.15) is 5.69 Å². The van der Waals surface area contributed by atoms with Crippen LogP contribution >= 0.6 is 11.3 Å². The Kier molecular flexibility index (Phi) is 3.62. The fraction of sp³-hybridized carbons (Fsp3) is 0.538. The minimum Gasteiger partial charge on any atom is -0.476 e. The standard InChI is InChI=1S/C13H15N3O4S/c17-10-2-1-7-5-16(4-3-8(7)14-10)12(18)9-6-21-11(15-9)13(19)20/h6-8H,1-5H2,(H,14,17)(H,19,20). The molecular weight excluding hydrogens is 294 g/mol. The number of rotatable bonds is 2. The number of carbonyl (C=O) groups is 3. The third kappa shape index (κ3) is 2.76. The topological polar surface area (TPSA) is 99.6 Å². The number of thiazole rings is 1. The van der Waals surface area contributed by atoms with Crippen molar-refractivity contribution in [2.24, 2.45) is 5.92 Å². The molecule has 2 saturated heterocycles. The molecule has 2 N–H and O–H groups in total. The molecule has 0 spiro atoms. The Morgan fingerprint density at radius 2 is 2.24 bits per heavy atom. The molecule has 0 saturated carbocycles. The monoisotopic (exact) mass is 309 g/mol. The van der Waals surface area contributed by atoms with Crippen LogP contribution in [0.1, 0.15) is 39.6 Å². The summed E-state index contributed by atoms with van der Waals surface area (Å²) in [6.07, 6.45) is 2.03. The summed E-state index contributed by atoms with van der Waals surface area (Å²) in [5.74, 6) is -0.985. The van der Waals surface area contributed by atoms with Gasteiger partial charge in [-0.3, -0.25) is 9.59 Å². The molecule has 2 aliphatic heterocycles. The number of likely N-dealkylation sites (tertiary alicyclic amines) is 1. The molecular formula is C13H15N3O4S. The van der Waals surface area contributed by atoms with E-state index in [4.69, 9.17) is 5.11 Å². The van der Waals surface area contributed by atoms with Gasteiger partial charge in [-0.1, -0.05) is 0 Å². The predicted molar refractivity (Wildman–Crippen MR) is 74.2 cm³/mol. The molecule has 2 amide bonds. The normalized spacial score (nSPS) is 25.1. The fourth-order valence-corrected chi connectivity index (χ4v) is 3.56. The quantitative estimate of drug-likeness (QED) is 0.832. The maximum absolute atomic E-state index is 12.4. The SMILES string of the molecule is O=C1CCC2CN(C(=O)c3csc(C(=O)O)n3)CCC2N1.